The molecule has 1 aliphatic heterocycles. The van der Waals surface area contributed by atoms with Gasteiger partial charge in [0.15, 0.2) is 0 Å². The fraction of sp³-hybridized carbons (Fsp3) is 0.692. The summed E-state index contributed by atoms with van der Waals surface area (Å²) < 4.78 is 0. The van der Waals surface area contributed by atoms with Crippen molar-refractivity contribution in [2.45, 2.75) is 52.6 Å². The van der Waals surface area contributed by atoms with Crippen molar-refractivity contribution in [1.82, 2.24) is 9.88 Å². The number of piperidine rings is 1. The number of ketones is 1. The van der Waals surface area contributed by atoms with Gasteiger partial charge in [-0.3, -0.25) is 9.69 Å². The average molecular weight is 252 g/mol. The molecule has 0 N–H and O–H groups in total. The predicted octanol–water partition coefficient (Wildman–Crippen LogP) is 2.70. The number of carbonyl (C=O) groups excluding carboxylic acids is 1. The van der Waals surface area contributed by atoms with Gasteiger partial charge in [0.05, 0.1) is 18.3 Å². The van der Waals surface area contributed by atoms with Crippen LogP contribution in [-0.4, -0.2) is 28.3 Å². The Morgan fingerprint density at radius 1 is 1.47 bits per heavy atom. The summed E-state index contributed by atoms with van der Waals surface area (Å²) in [6, 6.07) is 0.119. The Balaban J connectivity index is 2.07. The zero-order chi connectivity index (χ0) is 12.4. The van der Waals surface area contributed by atoms with Crippen molar-refractivity contribution in [3.8, 4) is 0 Å². The molecule has 1 aromatic heterocycles. The van der Waals surface area contributed by atoms with E-state index < -0.39 is 0 Å². The zero-order valence-corrected chi connectivity index (χ0v) is 11.6. The highest BCUT2D eigenvalue weighted by Gasteiger charge is 2.26. The number of carbonyl (C=O) groups is 1. The van der Waals surface area contributed by atoms with Gasteiger partial charge in [0.25, 0.3) is 0 Å². The number of likely N-dealkylation sites (tertiary alicyclic amines) is 1. The summed E-state index contributed by atoms with van der Waals surface area (Å²) in [5.41, 5.74) is 1.13. The predicted molar refractivity (Wildman–Crippen MR) is 70.3 cm³/mol. The van der Waals surface area contributed by atoms with Gasteiger partial charge in [0, 0.05) is 4.88 Å². The normalized spacial score (nSPS) is 21.7. The molecule has 1 atom stereocenters. The van der Waals surface area contributed by atoms with E-state index in [9.17, 15) is 4.79 Å². The average Bonchev–Trinajstić information content (AvgIpc) is 2.58. The van der Waals surface area contributed by atoms with Crippen LogP contribution in [0.4, 0.5) is 0 Å². The second-order valence-electron chi connectivity index (χ2n) is 4.84. The second kappa shape index (κ2) is 5.27. The Morgan fingerprint density at radius 2 is 2.24 bits per heavy atom. The summed E-state index contributed by atoms with van der Waals surface area (Å²) in [7, 11) is 0. The molecule has 0 spiro atoms. The van der Waals surface area contributed by atoms with Gasteiger partial charge in [-0.25, -0.2) is 4.98 Å². The standard InChI is InChI=1S/C13H20N2OS/c1-9-11(3)17-13(14-9)8-15-7-5-4-6-12(15)10(2)16/h12H,4-8H2,1-3H3. The van der Waals surface area contributed by atoms with Gasteiger partial charge in [-0.15, -0.1) is 11.3 Å². The Labute approximate surface area is 107 Å². The minimum atomic E-state index is 0.119. The molecule has 0 bridgehead atoms. The third-order valence-corrected chi connectivity index (χ3v) is 4.55. The Bertz CT molecular complexity index is 394. The van der Waals surface area contributed by atoms with E-state index in [-0.39, 0.29) is 6.04 Å². The molecule has 0 saturated carbocycles. The van der Waals surface area contributed by atoms with E-state index in [2.05, 4.69) is 16.8 Å². The van der Waals surface area contributed by atoms with Gasteiger partial charge in [-0.05, 0) is 40.2 Å². The highest BCUT2D eigenvalue weighted by atomic mass is 32.1. The van der Waals surface area contributed by atoms with Gasteiger partial charge in [0.1, 0.15) is 10.8 Å². The van der Waals surface area contributed by atoms with Crippen molar-refractivity contribution in [1.29, 1.82) is 0 Å². The van der Waals surface area contributed by atoms with Crippen molar-refractivity contribution in [3.63, 3.8) is 0 Å². The molecule has 3 nitrogen and oxygen atoms in total. The quantitative estimate of drug-likeness (QED) is 0.829. The van der Waals surface area contributed by atoms with Crippen molar-refractivity contribution in [2.75, 3.05) is 6.54 Å². The first kappa shape index (κ1) is 12.7. The van der Waals surface area contributed by atoms with Crippen LogP contribution in [0.5, 0.6) is 0 Å². The Kier molecular flexibility index (Phi) is 3.94. The molecule has 0 radical (unpaired) electrons. The summed E-state index contributed by atoms with van der Waals surface area (Å²) in [5.74, 6) is 0.301. The summed E-state index contributed by atoms with van der Waals surface area (Å²) >= 11 is 1.76. The largest absolute Gasteiger partial charge is 0.298 e. The van der Waals surface area contributed by atoms with Crippen molar-refractivity contribution in [2.24, 2.45) is 0 Å². The number of aryl methyl sites for hydroxylation is 2. The van der Waals surface area contributed by atoms with Crippen molar-refractivity contribution in [3.05, 3.63) is 15.6 Å². The lowest BCUT2D eigenvalue weighted by Gasteiger charge is -2.33. The molecular weight excluding hydrogens is 232 g/mol. The van der Waals surface area contributed by atoms with Crippen LogP contribution >= 0.6 is 11.3 Å². The Morgan fingerprint density at radius 3 is 2.82 bits per heavy atom. The smallest absolute Gasteiger partial charge is 0.146 e. The van der Waals surface area contributed by atoms with E-state index in [1.165, 1.54) is 17.7 Å². The van der Waals surface area contributed by atoms with E-state index >= 15 is 0 Å². The summed E-state index contributed by atoms with van der Waals surface area (Å²) in [6.07, 6.45) is 3.39. The van der Waals surface area contributed by atoms with Gasteiger partial charge in [0.2, 0.25) is 0 Å². The minimum absolute atomic E-state index is 0.119. The van der Waals surface area contributed by atoms with Gasteiger partial charge < -0.3 is 0 Å². The number of hydrogen-bond donors (Lipinski definition) is 0. The van der Waals surface area contributed by atoms with Gasteiger partial charge in [-0.1, -0.05) is 6.42 Å². The topological polar surface area (TPSA) is 33.2 Å². The number of nitrogens with zero attached hydrogens (tertiary/aromatic N) is 2. The van der Waals surface area contributed by atoms with Crippen LogP contribution < -0.4 is 0 Å². The molecule has 2 heterocycles. The van der Waals surface area contributed by atoms with E-state index in [0.717, 1.165) is 30.2 Å². The maximum absolute atomic E-state index is 11.6. The van der Waals surface area contributed by atoms with Crippen LogP contribution in [0, 0.1) is 13.8 Å². The highest BCUT2D eigenvalue weighted by Crippen LogP contribution is 2.23. The second-order valence-corrected chi connectivity index (χ2v) is 6.13. The SMILES string of the molecule is CC(=O)C1CCCCN1Cc1nc(C)c(C)s1. The molecule has 1 unspecified atom stereocenters. The third-order valence-electron chi connectivity index (χ3n) is 3.49. The van der Waals surface area contributed by atoms with Crippen LogP contribution in [0.1, 0.15) is 41.8 Å². The molecule has 94 valence electrons. The molecule has 1 saturated heterocycles. The number of hydrogen-bond acceptors (Lipinski definition) is 4. The first-order valence-corrected chi connectivity index (χ1v) is 7.07. The third kappa shape index (κ3) is 2.93. The van der Waals surface area contributed by atoms with E-state index in [1.54, 1.807) is 18.3 Å². The maximum atomic E-state index is 11.6. The summed E-state index contributed by atoms with van der Waals surface area (Å²) in [4.78, 5) is 19.8. The fourth-order valence-electron chi connectivity index (χ4n) is 2.42. The highest BCUT2D eigenvalue weighted by molar-refractivity contribution is 7.11. The van der Waals surface area contributed by atoms with Crippen molar-refractivity contribution >= 4 is 17.1 Å². The molecule has 4 heteroatoms. The van der Waals surface area contributed by atoms with Gasteiger partial charge in [-0.2, -0.15) is 0 Å². The molecule has 1 aromatic rings. The van der Waals surface area contributed by atoms with E-state index in [4.69, 9.17) is 0 Å². The van der Waals surface area contributed by atoms with Crippen LogP contribution in [0.3, 0.4) is 0 Å². The zero-order valence-electron chi connectivity index (χ0n) is 10.8. The van der Waals surface area contributed by atoms with Crippen LogP contribution in [0.2, 0.25) is 0 Å². The number of rotatable bonds is 3. The molecule has 1 fully saturated rings. The molecule has 2 rings (SSSR count). The van der Waals surface area contributed by atoms with E-state index in [1.807, 2.05) is 6.92 Å². The lowest BCUT2D eigenvalue weighted by molar-refractivity contribution is -0.123. The lowest BCUT2D eigenvalue weighted by atomic mass is 9.99. The monoisotopic (exact) mass is 252 g/mol. The fourth-order valence-corrected chi connectivity index (χ4v) is 3.38. The van der Waals surface area contributed by atoms with Gasteiger partial charge >= 0.3 is 0 Å². The summed E-state index contributed by atoms with van der Waals surface area (Å²) in [6.45, 7) is 7.73. The number of thiazole rings is 1. The molecule has 0 aromatic carbocycles. The summed E-state index contributed by atoms with van der Waals surface area (Å²) in [5, 5.41) is 1.15. The molecular formula is C13H20N2OS. The van der Waals surface area contributed by atoms with Crippen LogP contribution in [-0.2, 0) is 11.3 Å². The first-order valence-electron chi connectivity index (χ1n) is 6.25. The van der Waals surface area contributed by atoms with E-state index in [0.29, 0.717) is 5.78 Å². The number of Topliss-reactive ketones (excluding diaryl/α,β-unsaturated/α-hetero) is 1. The van der Waals surface area contributed by atoms with Crippen LogP contribution in [0.15, 0.2) is 0 Å². The van der Waals surface area contributed by atoms with Crippen molar-refractivity contribution < 1.29 is 4.79 Å². The number of aromatic nitrogens is 1. The molecule has 1 aliphatic rings. The minimum Gasteiger partial charge on any atom is -0.298 e. The lowest BCUT2D eigenvalue weighted by Crippen LogP contribution is -2.43. The molecule has 0 aliphatic carbocycles. The maximum Gasteiger partial charge on any atom is 0.146 e. The molecule has 17 heavy (non-hydrogen) atoms. The Hall–Kier alpha value is -0.740. The molecule has 0 amide bonds. The van der Waals surface area contributed by atoms with Crippen LogP contribution in [0.25, 0.3) is 0 Å². The first-order chi connectivity index (χ1) is 8.08.